The summed E-state index contributed by atoms with van der Waals surface area (Å²) in [6, 6.07) is 18.6. The molecule has 1 aromatic heterocycles. The molecule has 1 heterocycles. The molecule has 21 heavy (non-hydrogen) atoms. The molecule has 0 spiro atoms. The zero-order chi connectivity index (χ0) is 14.7. The van der Waals surface area contributed by atoms with Crippen LogP contribution in [0.1, 0.15) is 36.8 Å². The van der Waals surface area contributed by atoms with Crippen molar-refractivity contribution in [3.8, 4) is 0 Å². The van der Waals surface area contributed by atoms with Crippen molar-refractivity contribution in [1.82, 2.24) is 4.98 Å². The van der Waals surface area contributed by atoms with E-state index >= 15 is 0 Å². The largest absolute Gasteiger partial charge is 0.361 e. The first-order chi connectivity index (χ1) is 10.3. The number of benzene rings is 2. The van der Waals surface area contributed by atoms with E-state index in [1.54, 1.807) is 0 Å². The molecule has 0 aliphatic carbocycles. The minimum Gasteiger partial charge on any atom is -0.361 e. The number of aromatic amines is 1. The Labute approximate surface area is 124 Å². The monoisotopic (exact) mass is 277 g/mol. The van der Waals surface area contributed by atoms with Gasteiger partial charge < -0.3 is 4.98 Å². The summed E-state index contributed by atoms with van der Waals surface area (Å²) < 4.78 is 0. The molecule has 0 bridgehead atoms. The summed E-state index contributed by atoms with van der Waals surface area (Å²) in [6.45, 7) is 1.93. The number of aromatic nitrogens is 1. The lowest BCUT2D eigenvalue weighted by molar-refractivity contribution is -0.118. The maximum absolute atomic E-state index is 12.0. The molecule has 1 atom stereocenters. The SMILES string of the molecule is CCC(=O)C[C@@H](c1ccccc1)c1c[nH]c2ccccc12. The maximum atomic E-state index is 12.0. The van der Waals surface area contributed by atoms with Crippen LogP contribution in [0.25, 0.3) is 10.9 Å². The molecule has 106 valence electrons. The Morgan fingerprint density at radius 3 is 2.52 bits per heavy atom. The Morgan fingerprint density at radius 1 is 1.05 bits per heavy atom. The summed E-state index contributed by atoms with van der Waals surface area (Å²) in [5, 5.41) is 1.20. The average molecular weight is 277 g/mol. The van der Waals surface area contributed by atoms with Crippen LogP contribution in [-0.4, -0.2) is 10.8 Å². The number of hydrogen-bond acceptors (Lipinski definition) is 1. The number of rotatable bonds is 5. The van der Waals surface area contributed by atoms with Crippen LogP contribution >= 0.6 is 0 Å². The van der Waals surface area contributed by atoms with Gasteiger partial charge in [-0.25, -0.2) is 0 Å². The molecule has 0 amide bonds. The highest BCUT2D eigenvalue weighted by Gasteiger charge is 2.20. The van der Waals surface area contributed by atoms with Crippen LogP contribution in [0.4, 0.5) is 0 Å². The van der Waals surface area contributed by atoms with E-state index < -0.39 is 0 Å². The van der Waals surface area contributed by atoms with Crippen molar-refractivity contribution in [2.45, 2.75) is 25.7 Å². The van der Waals surface area contributed by atoms with Gasteiger partial charge in [0.1, 0.15) is 5.78 Å². The molecule has 0 aliphatic heterocycles. The first kappa shape index (κ1) is 13.6. The number of carbonyl (C=O) groups is 1. The number of carbonyl (C=O) groups excluding carboxylic acids is 1. The van der Waals surface area contributed by atoms with Crippen molar-refractivity contribution in [1.29, 1.82) is 0 Å². The van der Waals surface area contributed by atoms with Gasteiger partial charge in [0.05, 0.1) is 0 Å². The Morgan fingerprint density at radius 2 is 1.76 bits per heavy atom. The summed E-state index contributed by atoms with van der Waals surface area (Å²) in [5.41, 5.74) is 3.53. The second-order valence-corrected chi connectivity index (χ2v) is 5.35. The summed E-state index contributed by atoms with van der Waals surface area (Å²) >= 11 is 0. The highest BCUT2D eigenvalue weighted by atomic mass is 16.1. The van der Waals surface area contributed by atoms with Gasteiger partial charge in [0, 0.05) is 35.9 Å². The third kappa shape index (κ3) is 2.75. The van der Waals surface area contributed by atoms with E-state index in [1.165, 1.54) is 16.5 Å². The molecule has 0 radical (unpaired) electrons. The zero-order valence-corrected chi connectivity index (χ0v) is 12.2. The van der Waals surface area contributed by atoms with E-state index in [1.807, 2.05) is 43.5 Å². The predicted octanol–water partition coefficient (Wildman–Crippen LogP) is 4.67. The van der Waals surface area contributed by atoms with E-state index in [4.69, 9.17) is 0 Å². The molecular weight excluding hydrogens is 258 g/mol. The molecule has 2 heteroatoms. The minimum atomic E-state index is 0.120. The van der Waals surface area contributed by atoms with Crippen LogP contribution in [0.3, 0.4) is 0 Å². The van der Waals surface area contributed by atoms with E-state index in [0.717, 1.165) is 5.52 Å². The Bertz CT molecular complexity index is 742. The normalized spacial score (nSPS) is 12.4. The summed E-state index contributed by atoms with van der Waals surface area (Å²) in [6.07, 6.45) is 3.19. The lowest BCUT2D eigenvalue weighted by Gasteiger charge is -2.16. The number of H-pyrrole nitrogens is 1. The maximum Gasteiger partial charge on any atom is 0.133 e. The van der Waals surface area contributed by atoms with Gasteiger partial charge in [0.15, 0.2) is 0 Å². The van der Waals surface area contributed by atoms with Gasteiger partial charge in [-0.1, -0.05) is 55.5 Å². The molecule has 3 rings (SSSR count). The van der Waals surface area contributed by atoms with Crippen LogP contribution in [0.5, 0.6) is 0 Å². The molecule has 0 fully saturated rings. The number of para-hydroxylation sites is 1. The van der Waals surface area contributed by atoms with E-state index in [9.17, 15) is 4.79 Å². The van der Waals surface area contributed by atoms with Crippen molar-refractivity contribution >= 4 is 16.7 Å². The minimum absolute atomic E-state index is 0.120. The zero-order valence-electron chi connectivity index (χ0n) is 12.2. The van der Waals surface area contributed by atoms with Crippen molar-refractivity contribution in [2.24, 2.45) is 0 Å². The molecule has 1 N–H and O–H groups in total. The lowest BCUT2D eigenvalue weighted by Crippen LogP contribution is -2.07. The van der Waals surface area contributed by atoms with Crippen molar-refractivity contribution in [2.75, 3.05) is 0 Å². The van der Waals surface area contributed by atoms with Gasteiger partial charge in [-0.15, -0.1) is 0 Å². The molecule has 0 unspecified atom stereocenters. The molecule has 2 aromatic carbocycles. The fourth-order valence-corrected chi connectivity index (χ4v) is 2.85. The first-order valence-corrected chi connectivity index (χ1v) is 7.42. The van der Waals surface area contributed by atoms with Gasteiger partial charge >= 0.3 is 0 Å². The second kappa shape index (κ2) is 5.96. The van der Waals surface area contributed by atoms with Crippen molar-refractivity contribution < 1.29 is 4.79 Å². The molecule has 2 nitrogen and oxygen atoms in total. The number of nitrogens with one attached hydrogen (secondary N) is 1. The highest BCUT2D eigenvalue weighted by molar-refractivity contribution is 5.86. The number of fused-ring (bicyclic) bond motifs is 1. The predicted molar refractivity (Wildman–Crippen MR) is 86.5 cm³/mol. The van der Waals surface area contributed by atoms with Gasteiger partial charge in [-0.05, 0) is 17.2 Å². The molecule has 0 aliphatic rings. The topological polar surface area (TPSA) is 32.9 Å². The van der Waals surface area contributed by atoms with Gasteiger partial charge in [-0.2, -0.15) is 0 Å². The van der Waals surface area contributed by atoms with E-state index in [0.29, 0.717) is 18.6 Å². The molecule has 3 aromatic rings. The van der Waals surface area contributed by atoms with E-state index in [-0.39, 0.29) is 5.92 Å². The fraction of sp³-hybridized carbons (Fsp3) is 0.211. The van der Waals surface area contributed by atoms with Crippen LogP contribution in [0.2, 0.25) is 0 Å². The smallest absolute Gasteiger partial charge is 0.133 e. The number of Topliss-reactive ketones (excluding diaryl/α,β-unsaturated/α-hetero) is 1. The fourth-order valence-electron chi connectivity index (χ4n) is 2.85. The Kier molecular flexibility index (Phi) is 3.87. The van der Waals surface area contributed by atoms with Crippen LogP contribution in [-0.2, 0) is 4.79 Å². The lowest BCUT2D eigenvalue weighted by atomic mass is 9.86. The van der Waals surface area contributed by atoms with Crippen molar-refractivity contribution in [3.05, 3.63) is 71.9 Å². The summed E-state index contributed by atoms with van der Waals surface area (Å²) in [5.74, 6) is 0.420. The van der Waals surface area contributed by atoms with Crippen LogP contribution in [0, 0.1) is 0 Å². The highest BCUT2D eigenvalue weighted by Crippen LogP contribution is 2.33. The van der Waals surface area contributed by atoms with E-state index in [2.05, 4.69) is 29.2 Å². The average Bonchev–Trinajstić information content (AvgIpc) is 2.97. The standard InChI is InChI=1S/C19H19NO/c1-2-15(21)12-17(14-8-4-3-5-9-14)18-13-20-19-11-7-6-10-16(18)19/h3-11,13,17,20H,2,12H2,1H3/t17-/m0/s1. The Hall–Kier alpha value is -2.35. The van der Waals surface area contributed by atoms with Crippen molar-refractivity contribution in [3.63, 3.8) is 0 Å². The molecule has 0 saturated heterocycles. The third-order valence-corrected chi connectivity index (χ3v) is 4.02. The Balaban J connectivity index is 2.08. The van der Waals surface area contributed by atoms with Gasteiger partial charge in [0.25, 0.3) is 0 Å². The molecular formula is C19H19NO. The summed E-state index contributed by atoms with van der Waals surface area (Å²) in [4.78, 5) is 15.3. The number of ketones is 1. The van der Waals surface area contributed by atoms with Gasteiger partial charge in [0.2, 0.25) is 0 Å². The first-order valence-electron chi connectivity index (χ1n) is 7.42. The van der Waals surface area contributed by atoms with Crippen LogP contribution < -0.4 is 0 Å². The third-order valence-electron chi connectivity index (χ3n) is 4.02. The number of hydrogen-bond donors (Lipinski definition) is 1. The van der Waals surface area contributed by atoms with Gasteiger partial charge in [-0.3, -0.25) is 4.79 Å². The summed E-state index contributed by atoms with van der Waals surface area (Å²) in [7, 11) is 0. The van der Waals surface area contributed by atoms with Crippen LogP contribution in [0.15, 0.2) is 60.8 Å². The quantitative estimate of drug-likeness (QED) is 0.722. The second-order valence-electron chi connectivity index (χ2n) is 5.35. The molecule has 0 saturated carbocycles.